The first-order chi connectivity index (χ1) is 8.06. The van der Waals surface area contributed by atoms with E-state index in [9.17, 15) is 4.39 Å². The van der Waals surface area contributed by atoms with Crippen LogP contribution in [0.1, 0.15) is 11.3 Å². The summed E-state index contributed by atoms with van der Waals surface area (Å²) in [7, 11) is 1.83. The fourth-order valence-electron chi connectivity index (χ4n) is 1.47. The number of hydrogen-bond donors (Lipinski definition) is 1. The van der Waals surface area contributed by atoms with Gasteiger partial charge in [0.25, 0.3) is 0 Å². The molecule has 17 heavy (non-hydrogen) atoms. The maximum absolute atomic E-state index is 13.3. The number of rotatable bonds is 3. The van der Waals surface area contributed by atoms with Gasteiger partial charge in [0.15, 0.2) is 11.6 Å². The Kier molecular flexibility index (Phi) is 3.23. The Morgan fingerprint density at radius 1 is 1.53 bits per heavy atom. The second-order valence-electron chi connectivity index (χ2n) is 3.60. The molecule has 0 amide bonds. The molecule has 0 saturated carbocycles. The van der Waals surface area contributed by atoms with Crippen LogP contribution >= 0.6 is 11.6 Å². The van der Waals surface area contributed by atoms with E-state index in [-0.39, 0.29) is 11.1 Å². The van der Waals surface area contributed by atoms with Gasteiger partial charge in [-0.3, -0.25) is 4.68 Å². The van der Waals surface area contributed by atoms with Gasteiger partial charge in [0, 0.05) is 25.4 Å². The Labute approximate surface area is 103 Å². The predicted molar refractivity (Wildman–Crippen MR) is 62.3 cm³/mol. The highest BCUT2D eigenvalue weighted by molar-refractivity contribution is 6.28. The summed E-state index contributed by atoms with van der Waals surface area (Å²) >= 11 is 5.59. The van der Waals surface area contributed by atoms with Gasteiger partial charge in [0.1, 0.15) is 0 Å². The molecule has 0 fully saturated rings. The topological polar surface area (TPSA) is 55.6 Å². The van der Waals surface area contributed by atoms with Crippen molar-refractivity contribution in [2.45, 2.75) is 13.5 Å². The van der Waals surface area contributed by atoms with Crippen LogP contribution in [0.5, 0.6) is 0 Å². The predicted octanol–water partition coefficient (Wildman–Crippen LogP) is 1.92. The lowest BCUT2D eigenvalue weighted by Gasteiger charge is -2.05. The highest BCUT2D eigenvalue weighted by Gasteiger charge is 2.07. The maximum atomic E-state index is 13.3. The monoisotopic (exact) mass is 255 g/mol. The summed E-state index contributed by atoms with van der Waals surface area (Å²) in [6, 6.07) is 0. The molecule has 0 aliphatic rings. The Morgan fingerprint density at radius 3 is 2.94 bits per heavy atom. The van der Waals surface area contributed by atoms with Crippen molar-refractivity contribution in [3.8, 4) is 0 Å². The van der Waals surface area contributed by atoms with Crippen molar-refractivity contribution in [3.05, 3.63) is 34.8 Å². The first-order valence-electron chi connectivity index (χ1n) is 4.97. The molecule has 5 nitrogen and oxygen atoms in total. The molecular formula is C10H11ClFN5. The largest absolute Gasteiger partial charge is 0.363 e. The normalized spacial score (nSPS) is 10.6. The third-order valence-corrected chi connectivity index (χ3v) is 2.46. The Balaban J connectivity index is 2.12. The van der Waals surface area contributed by atoms with E-state index in [0.717, 1.165) is 17.5 Å². The average Bonchev–Trinajstić information content (AvgIpc) is 2.59. The second-order valence-corrected chi connectivity index (χ2v) is 3.94. The Bertz CT molecular complexity index is 539. The van der Waals surface area contributed by atoms with Crippen LogP contribution < -0.4 is 5.32 Å². The van der Waals surface area contributed by atoms with Crippen LogP contribution in [0.2, 0.25) is 5.28 Å². The first-order valence-corrected chi connectivity index (χ1v) is 5.35. The average molecular weight is 256 g/mol. The molecule has 0 aromatic carbocycles. The van der Waals surface area contributed by atoms with Gasteiger partial charge in [-0.2, -0.15) is 10.1 Å². The molecule has 0 unspecified atom stereocenters. The van der Waals surface area contributed by atoms with Crippen molar-refractivity contribution >= 4 is 17.4 Å². The third-order valence-electron chi connectivity index (χ3n) is 2.28. The number of halogens is 2. The second kappa shape index (κ2) is 4.67. The van der Waals surface area contributed by atoms with Gasteiger partial charge in [-0.25, -0.2) is 9.37 Å². The highest BCUT2D eigenvalue weighted by Crippen LogP contribution is 2.14. The van der Waals surface area contributed by atoms with E-state index >= 15 is 0 Å². The fourth-order valence-corrected chi connectivity index (χ4v) is 1.60. The standard InChI is InChI=1S/C10H11ClFN5/c1-6-7(5-17(2)16-6)3-13-9-8(12)4-14-10(11)15-9/h4-5H,3H2,1-2H3,(H,13,14,15). The summed E-state index contributed by atoms with van der Waals surface area (Å²) in [5.41, 5.74) is 1.86. The lowest BCUT2D eigenvalue weighted by Crippen LogP contribution is -2.04. The maximum Gasteiger partial charge on any atom is 0.224 e. The minimum absolute atomic E-state index is 0.0109. The van der Waals surface area contributed by atoms with Gasteiger partial charge in [-0.1, -0.05) is 0 Å². The third kappa shape index (κ3) is 2.71. The number of anilines is 1. The molecule has 7 heteroatoms. The first kappa shape index (κ1) is 11.8. The molecule has 0 spiro atoms. The Hall–Kier alpha value is -1.69. The van der Waals surface area contributed by atoms with Crippen molar-refractivity contribution < 1.29 is 4.39 Å². The molecule has 0 radical (unpaired) electrons. The number of nitrogens with one attached hydrogen (secondary N) is 1. The van der Waals surface area contributed by atoms with Crippen LogP contribution in [0.3, 0.4) is 0 Å². The lowest BCUT2D eigenvalue weighted by atomic mass is 10.2. The molecule has 2 heterocycles. The zero-order valence-electron chi connectivity index (χ0n) is 9.41. The summed E-state index contributed by atoms with van der Waals surface area (Å²) in [6.07, 6.45) is 2.90. The number of hydrogen-bond acceptors (Lipinski definition) is 4. The van der Waals surface area contributed by atoms with E-state index in [4.69, 9.17) is 11.6 Å². The van der Waals surface area contributed by atoms with Gasteiger partial charge in [-0.05, 0) is 18.5 Å². The Morgan fingerprint density at radius 2 is 2.29 bits per heavy atom. The van der Waals surface area contributed by atoms with Crippen molar-refractivity contribution in [2.24, 2.45) is 7.05 Å². The van der Waals surface area contributed by atoms with Crippen molar-refractivity contribution in [3.63, 3.8) is 0 Å². The molecule has 90 valence electrons. The highest BCUT2D eigenvalue weighted by atomic mass is 35.5. The van der Waals surface area contributed by atoms with Crippen LogP contribution in [0.25, 0.3) is 0 Å². The summed E-state index contributed by atoms with van der Waals surface area (Å²) in [5, 5.41) is 7.06. The van der Waals surface area contributed by atoms with Gasteiger partial charge in [0.2, 0.25) is 5.28 Å². The molecule has 2 rings (SSSR count). The van der Waals surface area contributed by atoms with Gasteiger partial charge in [0.05, 0.1) is 11.9 Å². The molecule has 0 aliphatic heterocycles. The van der Waals surface area contributed by atoms with E-state index in [2.05, 4.69) is 20.4 Å². The summed E-state index contributed by atoms with van der Waals surface area (Å²) < 4.78 is 15.0. The van der Waals surface area contributed by atoms with Crippen molar-refractivity contribution in [1.82, 2.24) is 19.7 Å². The minimum Gasteiger partial charge on any atom is -0.363 e. The quantitative estimate of drug-likeness (QED) is 0.852. The molecule has 0 atom stereocenters. The number of aromatic nitrogens is 4. The van der Waals surface area contributed by atoms with E-state index < -0.39 is 5.82 Å². The molecule has 0 bridgehead atoms. The zero-order chi connectivity index (χ0) is 12.4. The van der Waals surface area contributed by atoms with E-state index in [1.807, 2.05) is 20.2 Å². The fraction of sp³-hybridized carbons (Fsp3) is 0.300. The summed E-state index contributed by atoms with van der Waals surface area (Å²) in [5.74, 6) is -0.441. The number of nitrogens with zero attached hydrogens (tertiary/aromatic N) is 4. The summed E-state index contributed by atoms with van der Waals surface area (Å²) in [4.78, 5) is 7.30. The molecular weight excluding hydrogens is 245 g/mol. The molecule has 0 aliphatic carbocycles. The van der Waals surface area contributed by atoms with Gasteiger partial charge < -0.3 is 5.32 Å². The van der Waals surface area contributed by atoms with Crippen molar-refractivity contribution in [2.75, 3.05) is 5.32 Å². The van der Waals surface area contributed by atoms with E-state index in [1.54, 1.807) is 4.68 Å². The van der Waals surface area contributed by atoms with Crippen LogP contribution in [-0.4, -0.2) is 19.7 Å². The summed E-state index contributed by atoms with van der Waals surface area (Å²) in [6.45, 7) is 2.32. The van der Waals surface area contributed by atoms with Gasteiger partial charge >= 0.3 is 0 Å². The molecule has 0 saturated heterocycles. The van der Waals surface area contributed by atoms with E-state index in [0.29, 0.717) is 6.54 Å². The zero-order valence-corrected chi connectivity index (χ0v) is 10.2. The van der Waals surface area contributed by atoms with Crippen LogP contribution in [0.4, 0.5) is 10.2 Å². The van der Waals surface area contributed by atoms with Gasteiger partial charge in [-0.15, -0.1) is 0 Å². The van der Waals surface area contributed by atoms with Crippen molar-refractivity contribution in [1.29, 1.82) is 0 Å². The van der Waals surface area contributed by atoms with E-state index in [1.165, 1.54) is 0 Å². The van der Waals surface area contributed by atoms with Crippen LogP contribution in [0.15, 0.2) is 12.4 Å². The molecule has 1 N–H and O–H groups in total. The van der Waals surface area contributed by atoms with Crippen LogP contribution in [-0.2, 0) is 13.6 Å². The number of aryl methyl sites for hydroxylation is 2. The lowest BCUT2D eigenvalue weighted by molar-refractivity contribution is 0.616. The van der Waals surface area contributed by atoms with Crippen LogP contribution in [0, 0.1) is 12.7 Å². The smallest absolute Gasteiger partial charge is 0.224 e. The minimum atomic E-state index is -0.532. The molecule has 2 aromatic rings. The molecule has 2 aromatic heterocycles. The SMILES string of the molecule is Cc1nn(C)cc1CNc1nc(Cl)ncc1F.